The first-order valence-electron chi connectivity index (χ1n) is 7.59. The average Bonchev–Trinajstić information content (AvgIpc) is 2.81. The van der Waals surface area contributed by atoms with Crippen LogP contribution in [0.1, 0.15) is 19.8 Å². The van der Waals surface area contributed by atoms with E-state index in [0.29, 0.717) is 0 Å². The van der Waals surface area contributed by atoms with Crippen molar-refractivity contribution in [3.63, 3.8) is 0 Å². The molecule has 0 aromatic carbocycles. The molecular formula is C14H30N4. The van der Waals surface area contributed by atoms with Crippen molar-refractivity contribution in [2.45, 2.75) is 25.8 Å². The Morgan fingerprint density at radius 2 is 2.06 bits per heavy atom. The minimum atomic E-state index is 0.728. The summed E-state index contributed by atoms with van der Waals surface area (Å²) in [6.07, 6.45) is 2.65. The first kappa shape index (κ1) is 14.3. The van der Waals surface area contributed by atoms with Crippen LogP contribution in [0.3, 0.4) is 0 Å². The van der Waals surface area contributed by atoms with Gasteiger partial charge < -0.3 is 15.5 Å². The van der Waals surface area contributed by atoms with Crippen molar-refractivity contribution in [2.24, 2.45) is 5.92 Å². The third-order valence-corrected chi connectivity index (χ3v) is 4.44. The number of likely N-dealkylation sites (tertiary alicyclic amines) is 1. The summed E-state index contributed by atoms with van der Waals surface area (Å²) in [5.41, 5.74) is 0. The van der Waals surface area contributed by atoms with Gasteiger partial charge in [-0.15, -0.1) is 0 Å². The summed E-state index contributed by atoms with van der Waals surface area (Å²) in [5, 5.41) is 7.07. The van der Waals surface area contributed by atoms with Gasteiger partial charge in [0.2, 0.25) is 0 Å². The maximum Gasteiger partial charge on any atom is 0.0110 e. The lowest BCUT2D eigenvalue weighted by atomic mass is 10.1. The van der Waals surface area contributed by atoms with Crippen molar-refractivity contribution < 1.29 is 0 Å². The summed E-state index contributed by atoms with van der Waals surface area (Å²) in [4.78, 5) is 5.05. The van der Waals surface area contributed by atoms with Gasteiger partial charge in [0.25, 0.3) is 0 Å². The van der Waals surface area contributed by atoms with Crippen LogP contribution in [-0.4, -0.2) is 75.2 Å². The molecule has 0 radical (unpaired) electrons. The molecule has 0 aromatic rings. The highest BCUT2D eigenvalue weighted by atomic mass is 15.2. The fourth-order valence-electron chi connectivity index (χ4n) is 3.12. The van der Waals surface area contributed by atoms with Gasteiger partial charge in [0.05, 0.1) is 0 Å². The minimum absolute atomic E-state index is 0.728. The highest BCUT2D eigenvalue weighted by Crippen LogP contribution is 2.12. The maximum absolute atomic E-state index is 3.65. The van der Waals surface area contributed by atoms with Crippen molar-refractivity contribution in [3.8, 4) is 0 Å². The Labute approximate surface area is 112 Å². The van der Waals surface area contributed by atoms with Gasteiger partial charge in [0.15, 0.2) is 0 Å². The van der Waals surface area contributed by atoms with Crippen LogP contribution in [0.2, 0.25) is 0 Å². The van der Waals surface area contributed by atoms with Gasteiger partial charge in [-0.25, -0.2) is 0 Å². The number of rotatable bonds is 6. The van der Waals surface area contributed by atoms with Crippen LogP contribution in [0.4, 0.5) is 0 Å². The molecule has 2 fully saturated rings. The van der Waals surface area contributed by atoms with E-state index in [4.69, 9.17) is 0 Å². The van der Waals surface area contributed by atoms with Crippen LogP contribution in [-0.2, 0) is 0 Å². The lowest BCUT2D eigenvalue weighted by Crippen LogP contribution is -2.48. The number of nitrogens with zero attached hydrogens (tertiary/aromatic N) is 2. The van der Waals surface area contributed by atoms with Gasteiger partial charge in [0, 0.05) is 38.8 Å². The molecule has 4 heteroatoms. The molecule has 2 heterocycles. The predicted octanol–water partition coefficient (Wildman–Crippen LogP) is 0.212. The van der Waals surface area contributed by atoms with Crippen LogP contribution in [0.5, 0.6) is 0 Å². The molecule has 2 aliphatic heterocycles. The second kappa shape index (κ2) is 7.43. The molecule has 2 atom stereocenters. The smallest absolute Gasteiger partial charge is 0.0110 e. The van der Waals surface area contributed by atoms with E-state index in [-0.39, 0.29) is 0 Å². The molecule has 0 spiro atoms. The van der Waals surface area contributed by atoms with Gasteiger partial charge in [-0.3, -0.25) is 4.90 Å². The number of hydrogen-bond donors (Lipinski definition) is 2. The lowest BCUT2D eigenvalue weighted by molar-refractivity contribution is 0.175. The second-order valence-electron chi connectivity index (χ2n) is 6.04. The summed E-state index contributed by atoms with van der Waals surface area (Å²) in [7, 11) is 2.23. The van der Waals surface area contributed by atoms with E-state index < -0.39 is 0 Å². The molecule has 2 N–H and O–H groups in total. The first-order valence-corrected chi connectivity index (χ1v) is 7.59. The molecule has 0 aromatic heterocycles. The summed E-state index contributed by atoms with van der Waals surface area (Å²) < 4.78 is 0. The van der Waals surface area contributed by atoms with Crippen molar-refractivity contribution in [2.75, 3.05) is 59.4 Å². The monoisotopic (exact) mass is 254 g/mol. The Hall–Kier alpha value is -0.160. The van der Waals surface area contributed by atoms with E-state index in [0.717, 1.165) is 25.0 Å². The van der Waals surface area contributed by atoms with Crippen molar-refractivity contribution in [3.05, 3.63) is 0 Å². The Balaban J connectivity index is 1.52. The van der Waals surface area contributed by atoms with E-state index in [2.05, 4.69) is 34.4 Å². The van der Waals surface area contributed by atoms with E-state index in [9.17, 15) is 0 Å². The predicted molar refractivity (Wildman–Crippen MR) is 77.0 cm³/mol. The van der Waals surface area contributed by atoms with Gasteiger partial charge in [0.1, 0.15) is 0 Å². The molecule has 106 valence electrons. The zero-order chi connectivity index (χ0) is 12.8. The molecule has 18 heavy (non-hydrogen) atoms. The highest BCUT2D eigenvalue weighted by Gasteiger charge is 2.19. The highest BCUT2D eigenvalue weighted by molar-refractivity contribution is 4.76. The Kier molecular flexibility index (Phi) is 5.89. The normalized spacial score (nSPS) is 28.7. The number of piperazine rings is 1. The van der Waals surface area contributed by atoms with Crippen molar-refractivity contribution >= 4 is 0 Å². The molecule has 2 unspecified atom stereocenters. The van der Waals surface area contributed by atoms with Crippen LogP contribution in [0, 0.1) is 5.92 Å². The van der Waals surface area contributed by atoms with Gasteiger partial charge in [-0.1, -0.05) is 0 Å². The summed E-state index contributed by atoms with van der Waals surface area (Å²) in [6.45, 7) is 12.1. The third-order valence-electron chi connectivity index (χ3n) is 4.44. The number of nitrogens with one attached hydrogen (secondary N) is 2. The van der Waals surface area contributed by atoms with Gasteiger partial charge in [-0.2, -0.15) is 0 Å². The zero-order valence-electron chi connectivity index (χ0n) is 12.1. The standard InChI is InChI=1S/C14H30N4/c1-13(18-9-6-15-7-10-18)3-5-16-11-14-4-8-17(2)12-14/h13-16H,3-12H2,1-2H3. The van der Waals surface area contributed by atoms with Crippen molar-refractivity contribution in [1.82, 2.24) is 20.4 Å². The maximum atomic E-state index is 3.65. The Bertz CT molecular complexity index is 228. The first-order chi connectivity index (χ1) is 8.75. The van der Waals surface area contributed by atoms with E-state index >= 15 is 0 Å². The second-order valence-corrected chi connectivity index (χ2v) is 6.04. The number of hydrogen-bond acceptors (Lipinski definition) is 4. The SMILES string of the molecule is CC(CCNCC1CCN(C)C1)N1CCNCC1. The van der Waals surface area contributed by atoms with E-state index in [1.54, 1.807) is 0 Å². The minimum Gasteiger partial charge on any atom is -0.316 e. The van der Waals surface area contributed by atoms with Crippen LogP contribution >= 0.6 is 0 Å². The fourth-order valence-corrected chi connectivity index (χ4v) is 3.12. The van der Waals surface area contributed by atoms with Crippen LogP contribution in [0.15, 0.2) is 0 Å². The zero-order valence-corrected chi connectivity index (χ0v) is 12.1. The quantitative estimate of drug-likeness (QED) is 0.664. The summed E-state index contributed by atoms with van der Waals surface area (Å²) in [5.74, 6) is 0.879. The Morgan fingerprint density at radius 1 is 1.28 bits per heavy atom. The van der Waals surface area contributed by atoms with Crippen LogP contribution < -0.4 is 10.6 Å². The summed E-state index contributed by atoms with van der Waals surface area (Å²) in [6, 6.07) is 0.728. The molecule has 2 rings (SSSR count). The van der Waals surface area contributed by atoms with E-state index in [1.807, 2.05) is 0 Å². The largest absolute Gasteiger partial charge is 0.316 e. The third kappa shape index (κ3) is 4.50. The van der Waals surface area contributed by atoms with Crippen molar-refractivity contribution in [1.29, 1.82) is 0 Å². The molecule has 2 aliphatic rings. The van der Waals surface area contributed by atoms with Gasteiger partial charge in [-0.05, 0) is 52.4 Å². The molecule has 4 nitrogen and oxygen atoms in total. The lowest BCUT2D eigenvalue weighted by Gasteiger charge is -2.33. The fraction of sp³-hybridized carbons (Fsp3) is 1.00. The Morgan fingerprint density at radius 3 is 2.72 bits per heavy atom. The molecule has 0 bridgehead atoms. The van der Waals surface area contributed by atoms with Crippen LogP contribution in [0.25, 0.3) is 0 Å². The molecule has 0 saturated carbocycles. The molecule has 0 aliphatic carbocycles. The van der Waals surface area contributed by atoms with E-state index in [1.165, 1.54) is 52.1 Å². The molecule has 2 saturated heterocycles. The topological polar surface area (TPSA) is 30.5 Å². The van der Waals surface area contributed by atoms with Gasteiger partial charge >= 0.3 is 0 Å². The molecule has 0 amide bonds. The average molecular weight is 254 g/mol. The molecular weight excluding hydrogens is 224 g/mol. The summed E-state index contributed by atoms with van der Waals surface area (Å²) >= 11 is 0.